The first-order valence-electron chi connectivity index (χ1n) is 10.6. The van der Waals surface area contributed by atoms with E-state index < -0.39 is 0 Å². The second-order valence-electron chi connectivity index (χ2n) is 7.54. The van der Waals surface area contributed by atoms with E-state index in [0.717, 1.165) is 42.9 Å². The van der Waals surface area contributed by atoms with Gasteiger partial charge < -0.3 is 14.8 Å². The largest absolute Gasteiger partial charge is 0.494 e. The van der Waals surface area contributed by atoms with Crippen molar-refractivity contribution in [2.45, 2.75) is 46.5 Å². The quantitative estimate of drug-likeness (QED) is 0.349. The van der Waals surface area contributed by atoms with Crippen LogP contribution in [0, 0.1) is 5.92 Å². The minimum atomic E-state index is -0.265. The van der Waals surface area contributed by atoms with Crippen molar-refractivity contribution in [2.75, 3.05) is 18.5 Å². The molecule has 1 amide bonds. The molecular weight excluding hydrogens is 396 g/mol. The summed E-state index contributed by atoms with van der Waals surface area (Å²) < 4.78 is 11.4. The molecule has 2 aromatic carbocycles. The molecule has 2 rings (SSSR count). The average molecular weight is 429 g/mol. The molecule has 0 aliphatic rings. The molecule has 0 saturated heterocycles. The van der Waals surface area contributed by atoms with E-state index in [1.165, 1.54) is 0 Å². The lowest BCUT2D eigenvalue weighted by atomic mass is 10.1. The topological polar surface area (TPSA) is 59.6 Å². The molecule has 0 bridgehead atoms. The van der Waals surface area contributed by atoms with Crippen molar-refractivity contribution in [1.29, 1.82) is 0 Å². The molecule has 6 heteroatoms. The van der Waals surface area contributed by atoms with Gasteiger partial charge in [0.1, 0.15) is 11.5 Å². The van der Waals surface area contributed by atoms with Crippen LogP contribution in [0.25, 0.3) is 0 Å². The third kappa shape index (κ3) is 8.82. The zero-order valence-corrected chi connectivity index (χ0v) is 18.9. The van der Waals surface area contributed by atoms with Crippen molar-refractivity contribution in [3.63, 3.8) is 0 Å². The third-order valence-corrected chi connectivity index (χ3v) is 4.64. The van der Waals surface area contributed by atoms with E-state index in [4.69, 9.17) is 21.7 Å². The van der Waals surface area contributed by atoms with Crippen molar-refractivity contribution in [2.24, 2.45) is 5.92 Å². The van der Waals surface area contributed by atoms with Crippen LogP contribution in [0.1, 0.15) is 56.8 Å². The number of nitrogens with one attached hydrogen (secondary N) is 2. The number of benzene rings is 2. The highest BCUT2D eigenvalue weighted by Crippen LogP contribution is 2.17. The monoisotopic (exact) mass is 428 g/mol. The summed E-state index contributed by atoms with van der Waals surface area (Å²) in [5, 5.41) is 5.95. The molecule has 5 nitrogen and oxygen atoms in total. The predicted octanol–water partition coefficient (Wildman–Crippen LogP) is 5.81. The Morgan fingerprint density at radius 2 is 1.53 bits per heavy atom. The van der Waals surface area contributed by atoms with Gasteiger partial charge in [0.15, 0.2) is 5.11 Å². The highest BCUT2D eigenvalue weighted by Gasteiger charge is 2.08. The van der Waals surface area contributed by atoms with Crippen LogP contribution in [0.5, 0.6) is 11.5 Å². The molecule has 0 unspecified atom stereocenters. The summed E-state index contributed by atoms with van der Waals surface area (Å²) in [6, 6.07) is 14.6. The maximum atomic E-state index is 12.4. The minimum absolute atomic E-state index is 0.244. The van der Waals surface area contributed by atoms with Gasteiger partial charge in [0, 0.05) is 11.3 Å². The van der Waals surface area contributed by atoms with Gasteiger partial charge in [0.2, 0.25) is 0 Å². The van der Waals surface area contributed by atoms with E-state index in [0.29, 0.717) is 24.7 Å². The fraction of sp³-hybridized carbons (Fsp3) is 0.417. The van der Waals surface area contributed by atoms with Gasteiger partial charge in [-0.05, 0) is 79.5 Å². The Morgan fingerprint density at radius 1 is 0.933 bits per heavy atom. The Hall–Kier alpha value is -2.60. The van der Waals surface area contributed by atoms with E-state index in [1.807, 2.05) is 24.3 Å². The van der Waals surface area contributed by atoms with Crippen molar-refractivity contribution < 1.29 is 14.3 Å². The summed E-state index contributed by atoms with van der Waals surface area (Å²) in [5.41, 5.74) is 1.31. The highest BCUT2D eigenvalue weighted by atomic mass is 32.1. The second kappa shape index (κ2) is 12.9. The van der Waals surface area contributed by atoms with Crippen LogP contribution in [-0.2, 0) is 0 Å². The highest BCUT2D eigenvalue weighted by molar-refractivity contribution is 7.80. The van der Waals surface area contributed by atoms with Gasteiger partial charge in [0.05, 0.1) is 13.2 Å². The van der Waals surface area contributed by atoms with Crippen molar-refractivity contribution in [3.8, 4) is 11.5 Å². The molecule has 162 valence electrons. The zero-order chi connectivity index (χ0) is 21.8. The molecule has 0 saturated carbocycles. The van der Waals surface area contributed by atoms with Gasteiger partial charge in [-0.2, -0.15) is 0 Å². The number of carbonyl (C=O) groups excluding carboxylic acids is 1. The minimum Gasteiger partial charge on any atom is -0.494 e. The lowest BCUT2D eigenvalue weighted by Gasteiger charge is -2.12. The Bertz CT molecular complexity index is 789. The lowest BCUT2D eigenvalue weighted by molar-refractivity contribution is 0.0977. The SMILES string of the molecule is CCCCCOc1ccc(C(=O)NC(=S)Nc2ccc(OCCC(C)C)cc2)cc1. The van der Waals surface area contributed by atoms with Crippen LogP contribution in [-0.4, -0.2) is 24.2 Å². The smallest absolute Gasteiger partial charge is 0.257 e. The van der Waals surface area contributed by atoms with Crippen molar-refractivity contribution in [3.05, 3.63) is 54.1 Å². The maximum Gasteiger partial charge on any atom is 0.257 e. The van der Waals surface area contributed by atoms with Crippen LogP contribution in [0.4, 0.5) is 5.69 Å². The molecule has 0 fully saturated rings. The Labute approximate surface area is 185 Å². The Kier molecular flexibility index (Phi) is 10.1. The first kappa shape index (κ1) is 23.7. The van der Waals surface area contributed by atoms with Crippen LogP contribution < -0.4 is 20.1 Å². The first-order chi connectivity index (χ1) is 14.5. The summed E-state index contributed by atoms with van der Waals surface area (Å²) in [5.74, 6) is 1.92. The number of amides is 1. The molecular formula is C24H32N2O3S. The van der Waals surface area contributed by atoms with Crippen molar-refractivity contribution >= 4 is 28.9 Å². The fourth-order valence-corrected chi connectivity index (χ4v) is 2.84. The van der Waals surface area contributed by atoms with E-state index in [1.54, 1.807) is 24.3 Å². The first-order valence-corrected chi connectivity index (χ1v) is 11.0. The molecule has 0 aliphatic carbocycles. The molecule has 0 spiro atoms. The summed E-state index contributed by atoms with van der Waals surface area (Å²) >= 11 is 5.25. The molecule has 2 N–H and O–H groups in total. The Morgan fingerprint density at radius 3 is 2.13 bits per heavy atom. The fourth-order valence-electron chi connectivity index (χ4n) is 2.63. The number of hydrogen-bond acceptors (Lipinski definition) is 4. The van der Waals surface area contributed by atoms with Gasteiger partial charge in [0.25, 0.3) is 5.91 Å². The van der Waals surface area contributed by atoms with Gasteiger partial charge in [-0.25, -0.2) is 0 Å². The molecule has 0 heterocycles. The summed E-state index contributed by atoms with van der Waals surface area (Å²) in [7, 11) is 0. The zero-order valence-electron chi connectivity index (χ0n) is 18.1. The van der Waals surface area contributed by atoms with Crippen LogP contribution in [0.2, 0.25) is 0 Å². The molecule has 2 aromatic rings. The van der Waals surface area contributed by atoms with E-state index in [-0.39, 0.29) is 11.0 Å². The predicted molar refractivity (Wildman–Crippen MR) is 127 cm³/mol. The summed E-state index contributed by atoms with van der Waals surface area (Å²) in [4.78, 5) is 12.4. The second-order valence-corrected chi connectivity index (χ2v) is 7.95. The van der Waals surface area contributed by atoms with Gasteiger partial charge in [-0.3, -0.25) is 10.1 Å². The van der Waals surface area contributed by atoms with Gasteiger partial charge >= 0.3 is 0 Å². The average Bonchev–Trinajstić information content (AvgIpc) is 2.72. The number of rotatable bonds is 11. The number of unbranched alkanes of at least 4 members (excludes halogenated alkanes) is 2. The number of thiocarbonyl (C=S) groups is 1. The number of carbonyl (C=O) groups is 1. The molecule has 0 aromatic heterocycles. The normalized spacial score (nSPS) is 10.5. The van der Waals surface area contributed by atoms with E-state index >= 15 is 0 Å². The molecule has 0 atom stereocenters. The molecule has 0 radical (unpaired) electrons. The van der Waals surface area contributed by atoms with Gasteiger partial charge in [-0.15, -0.1) is 0 Å². The van der Waals surface area contributed by atoms with Crippen LogP contribution in [0.15, 0.2) is 48.5 Å². The van der Waals surface area contributed by atoms with E-state index in [9.17, 15) is 4.79 Å². The molecule has 30 heavy (non-hydrogen) atoms. The summed E-state index contributed by atoms with van der Waals surface area (Å²) in [6.45, 7) is 7.88. The lowest BCUT2D eigenvalue weighted by Crippen LogP contribution is -2.34. The standard InChI is InChI=1S/C24H32N2O3S/c1-4-5-6-16-28-21-11-7-19(8-12-21)23(27)26-24(30)25-20-9-13-22(14-10-20)29-17-15-18(2)3/h7-14,18H,4-6,15-17H2,1-3H3,(H2,25,26,27,30). The van der Waals surface area contributed by atoms with E-state index in [2.05, 4.69) is 31.4 Å². The van der Waals surface area contributed by atoms with Gasteiger partial charge in [-0.1, -0.05) is 33.6 Å². The number of anilines is 1. The van der Waals surface area contributed by atoms with Crippen LogP contribution >= 0.6 is 12.2 Å². The maximum absolute atomic E-state index is 12.4. The summed E-state index contributed by atoms with van der Waals surface area (Å²) in [6.07, 6.45) is 4.36. The van der Waals surface area contributed by atoms with Crippen molar-refractivity contribution in [1.82, 2.24) is 5.32 Å². The van der Waals surface area contributed by atoms with Crippen LogP contribution in [0.3, 0.4) is 0 Å². The number of ether oxygens (including phenoxy) is 2. The number of hydrogen-bond donors (Lipinski definition) is 2. The Balaban J connectivity index is 1.77. The third-order valence-electron chi connectivity index (χ3n) is 4.44. The molecule has 0 aliphatic heterocycles.